The van der Waals surface area contributed by atoms with Crippen molar-refractivity contribution in [2.45, 2.75) is 50.5 Å². The molecule has 0 saturated heterocycles. The van der Waals surface area contributed by atoms with Crippen molar-refractivity contribution >= 4 is 17.6 Å². The van der Waals surface area contributed by atoms with Crippen LogP contribution in [-0.4, -0.2) is 34.5 Å². The van der Waals surface area contributed by atoms with Crippen molar-refractivity contribution in [2.75, 3.05) is 5.32 Å². The molecule has 3 N–H and O–H groups in total. The van der Waals surface area contributed by atoms with Gasteiger partial charge in [-0.25, -0.2) is 20.1 Å². The van der Waals surface area contributed by atoms with Crippen LogP contribution in [0.5, 0.6) is 0 Å². The normalized spacial score (nSPS) is 22.8. The lowest BCUT2D eigenvalue weighted by molar-refractivity contribution is -0.568. The number of carbonyl (C=O) groups is 1. The number of rotatable bonds is 4. The molecule has 0 unspecified atom stereocenters. The molecule has 1 fully saturated rings. The highest BCUT2D eigenvalue weighted by Crippen LogP contribution is 2.35. The maximum absolute atomic E-state index is 14.4. The molecule has 1 aromatic carbocycles. The lowest BCUT2D eigenvalue weighted by Crippen LogP contribution is -2.94. The second-order valence-corrected chi connectivity index (χ2v) is 7.61. The van der Waals surface area contributed by atoms with Gasteiger partial charge in [-0.3, -0.25) is 0 Å². The first-order valence-electron chi connectivity index (χ1n) is 9.69. The highest BCUT2D eigenvalue weighted by atomic mass is 19.4. The number of aromatic nitrogens is 1. The van der Waals surface area contributed by atoms with Gasteiger partial charge >= 0.3 is 17.7 Å². The lowest BCUT2D eigenvalue weighted by atomic mass is 10.1. The summed E-state index contributed by atoms with van der Waals surface area (Å²) in [7, 11) is 0. The molecule has 29 heavy (non-hydrogen) atoms. The molecule has 0 bridgehead atoms. The Morgan fingerprint density at radius 1 is 1.14 bits per heavy atom. The smallest absolute Gasteiger partial charge is 0.248 e. The summed E-state index contributed by atoms with van der Waals surface area (Å²) < 4.78 is 43.2. The molecule has 0 spiro atoms. The van der Waals surface area contributed by atoms with Crippen molar-refractivity contribution < 1.29 is 27.9 Å². The van der Waals surface area contributed by atoms with E-state index in [0.717, 1.165) is 18.4 Å². The zero-order valence-corrected chi connectivity index (χ0v) is 16.0. The van der Waals surface area contributed by atoms with Gasteiger partial charge in [0.15, 0.2) is 0 Å². The summed E-state index contributed by atoms with van der Waals surface area (Å²) in [6.45, 7) is 1.77. The Balaban J connectivity index is 1.85. The number of aryl methyl sites for hydroxylation is 1. The molecule has 5 nitrogen and oxygen atoms in total. The second kappa shape index (κ2) is 7.17. The van der Waals surface area contributed by atoms with Gasteiger partial charge in [-0.05, 0) is 56.4 Å². The number of amides is 1. The molecule has 1 atom stereocenters. The van der Waals surface area contributed by atoms with Crippen LogP contribution >= 0.6 is 0 Å². The predicted molar refractivity (Wildman–Crippen MR) is 101 cm³/mol. The molecule has 1 aliphatic heterocycles. The van der Waals surface area contributed by atoms with Gasteiger partial charge in [0.25, 0.3) is 11.7 Å². The number of amidine groups is 1. The second-order valence-electron chi connectivity index (χ2n) is 7.61. The first-order chi connectivity index (χ1) is 13.8. The molecule has 1 aliphatic carbocycles. The van der Waals surface area contributed by atoms with Gasteiger partial charge in [-0.1, -0.05) is 18.2 Å². The van der Waals surface area contributed by atoms with Crippen molar-refractivity contribution in [2.24, 2.45) is 0 Å². The fourth-order valence-corrected chi connectivity index (χ4v) is 4.09. The number of nitrogens with zero attached hydrogens (tertiary/aromatic N) is 1. The van der Waals surface area contributed by atoms with E-state index in [0.29, 0.717) is 18.4 Å². The van der Waals surface area contributed by atoms with E-state index in [-0.39, 0.29) is 17.7 Å². The number of hydrogen-bond donors (Lipinski definition) is 2. The third-order valence-electron chi connectivity index (χ3n) is 5.53. The Kier molecular flexibility index (Phi) is 4.80. The van der Waals surface area contributed by atoms with E-state index < -0.39 is 17.7 Å². The van der Waals surface area contributed by atoms with Crippen molar-refractivity contribution in [3.63, 3.8) is 0 Å². The lowest BCUT2D eigenvalue weighted by Gasteiger charge is -2.23. The van der Waals surface area contributed by atoms with Crippen molar-refractivity contribution in [1.29, 1.82) is 0 Å². The molecular formula is C21H23F3N4O+2. The number of anilines is 1. The molecule has 1 saturated carbocycles. The Hall–Kier alpha value is -2.90. The molecule has 1 amide bonds. The highest BCUT2D eigenvalue weighted by molar-refractivity contribution is 6.11. The van der Waals surface area contributed by atoms with E-state index in [9.17, 15) is 18.0 Å². The van der Waals surface area contributed by atoms with Gasteiger partial charge < -0.3 is 0 Å². The van der Waals surface area contributed by atoms with E-state index in [1.54, 1.807) is 49.4 Å². The largest absolute Gasteiger partial charge is 0.488 e. The number of hydrogen-bond acceptors (Lipinski definition) is 2. The zero-order chi connectivity index (χ0) is 20.6. The number of halogens is 3. The Morgan fingerprint density at radius 3 is 2.45 bits per heavy atom. The third-order valence-corrected chi connectivity index (χ3v) is 5.53. The minimum absolute atomic E-state index is 0.115. The van der Waals surface area contributed by atoms with Crippen LogP contribution in [0.3, 0.4) is 0 Å². The molecular weight excluding hydrogens is 381 g/mol. The van der Waals surface area contributed by atoms with E-state index in [4.69, 9.17) is 0 Å². The Bertz CT molecular complexity index is 938. The molecule has 2 aliphatic rings. The van der Waals surface area contributed by atoms with Crippen LogP contribution < -0.4 is 15.3 Å². The molecule has 4 rings (SSSR count). The van der Waals surface area contributed by atoms with Crippen LogP contribution in [0.2, 0.25) is 0 Å². The first-order valence-corrected chi connectivity index (χ1v) is 9.69. The molecule has 2 heterocycles. The fraction of sp³-hybridized carbons (Fsp3) is 0.381. The molecule has 0 radical (unpaired) electrons. The average Bonchev–Trinajstić information content (AvgIpc) is 3.29. The number of aromatic amines is 1. The maximum Gasteiger partial charge on any atom is 0.488 e. The molecule has 1 aromatic heterocycles. The summed E-state index contributed by atoms with van der Waals surface area (Å²) in [5.74, 6) is -0.713. The summed E-state index contributed by atoms with van der Waals surface area (Å²) in [6.07, 6.45) is -0.154. The molecule has 8 heteroatoms. The monoisotopic (exact) mass is 404 g/mol. The highest BCUT2D eigenvalue weighted by Gasteiger charge is 2.76. The summed E-state index contributed by atoms with van der Waals surface area (Å²) >= 11 is 0. The van der Waals surface area contributed by atoms with E-state index in [1.807, 2.05) is 0 Å². The Labute approximate surface area is 166 Å². The average molecular weight is 404 g/mol. The van der Waals surface area contributed by atoms with E-state index >= 15 is 0 Å². The maximum atomic E-state index is 14.4. The minimum Gasteiger partial charge on any atom is -0.248 e. The predicted octanol–water partition coefficient (Wildman–Crippen LogP) is 1.79. The van der Waals surface area contributed by atoms with Gasteiger partial charge in [0.2, 0.25) is 0 Å². The first kappa shape index (κ1) is 19.4. The summed E-state index contributed by atoms with van der Waals surface area (Å²) in [6, 6.07) is 11.7. The van der Waals surface area contributed by atoms with E-state index in [2.05, 4.69) is 15.3 Å². The number of alkyl halides is 3. The number of carbonyl (C=O) groups excluding carboxylic acids is 1. The zero-order valence-electron chi connectivity index (χ0n) is 16.0. The van der Waals surface area contributed by atoms with Crippen molar-refractivity contribution in [1.82, 2.24) is 4.90 Å². The van der Waals surface area contributed by atoms with Crippen LogP contribution in [0.1, 0.15) is 36.8 Å². The Morgan fingerprint density at radius 2 is 1.83 bits per heavy atom. The van der Waals surface area contributed by atoms with Crippen LogP contribution in [0.15, 0.2) is 48.7 Å². The van der Waals surface area contributed by atoms with Gasteiger partial charge in [0.1, 0.15) is 6.04 Å². The fourth-order valence-electron chi connectivity index (χ4n) is 4.09. The number of benzene rings is 1. The SMILES string of the molecule is Cc1cc[nH+]c(N[C@@]2(C(F)(F)F)[NH+]=C(c3ccccc3)N(C3CCCC3)C2=O)c1. The summed E-state index contributed by atoms with van der Waals surface area (Å²) in [5.41, 5.74) is -1.62. The van der Waals surface area contributed by atoms with Crippen LogP contribution in [-0.2, 0) is 4.79 Å². The van der Waals surface area contributed by atoms with Crippen LogP contribution in [0.4, 0.5) is 19.0 Å². The van der Waals surface area contributed by atoms with Gasteiger partial charge in [0, 0.05) is 6.07 Å². The molecule has 152 valence electrons. The van der Waals surface area contributed by atoms with Gasteiger partial charge in [-0.2, -0.15) is 18.1 Å². The number of H-pyrrole nitrogens is 1. The van der Waals surface area contributed by atoms with Gasteiger partial charge in [0.05, 0.1) is 11.8 Å². The van der Waals surface area contributed by atoms with Crippen molar-refractivity contribution in [3.05, 3.63) is 59.8 Å². The number of nitrogens with one attached hydrogen (secondary N) is 3. The van der Waals surface area contributed by atoms with Crippen LogP contribution in [0, 0.1) is 6.92 Å². The van der Waals surface area contributed by atoms with Gasteiger partial charge in [-0.15, -0.1) is 0 Å². The number of pyridine rings is 1. The van der Waals surface area contributed by atoms with Crippen LogP contribution in [0.25, 0.3) is 0 Å². The quantitative estimate of drug-likeness (QED) is 0.816. The third kappa shape index (κ3) is 3.36. The topological polar surface area (TPSA) is 60.5 Å². The molecule has 2 aromatic rings. The van der Waals surface area contributed by atoms with Crippen molar-refractivity contribution in [3.8, 4) is 0 Å². The summed E-state index contributed by atoms with van der Waals surface area (Å²) in [4.78, 5) is 20.0. The van der Waals surface area contributed by atoms with E-state index in [1.165, 1.54) is 11.1 Å². The standard InChI is InChI=1S/C21H21F3N4O/c1-14-11-12-25-17(13-14)26-20(21(22,23)24)19(29)28(16-9-5-6-10-16)18(27-20)15-7-3-2-4-8-15/h2-4,7-8,11-13,16H,5-6,9-10H2,1H3,(H,25,26)/p+2/t20-/m1/s1. The summed E-state index contributed by atoms with van der Waals surface area (Å²) in [5, 5.41) is 2.43. The minimum atomic E-state index is -4.87.